The average molecular weight is 335 g/mol. The van der Waals surface area contributed by atoms with Crippen LogP contribution in [0.5, 0.6) is 0 Å². The quantitative estimate of drug-likeness (QED) is 0.872. The number of anilines is 1. The minimum Gasteiger partial charge on any atom is -0.391 e. The van der Waals surface area contributed by atoms with Crippen LogP contribution < -0.4 is 10.2 Å². The van der Waals surface area contributed by atoms with Gasteiger partial charge in [0.1, 0.15) is 5.82 Å². The fraction of sp³-hybridized carbons (Fsp3) is 0.611. The first kappa shape index (κ1) is 17.0. The van der Waals surface area contributed by atoms with Gasteiger partial charge in [0.05, 0.1) is 11.8 Å². The maximum atomic E-state index is 14.1. The SMILES string of the molecule is Cc1ccc(F)c(N2CCCC(NC(=O)N3CCCC(O)C3)C2)c1. The van der Waals surface area contributed by atoms with Gasteiger partial charge in [-0.1, -0.05) is 6.07 Å². The highest BCUT2D eigenvalue weighted by Gasteiger charge is 2.27. The summed E-state index contributed by atoms with van der Waals surface area (Å²) in [6, 6.07) is 5.02. The second kappa shape index (κ2) is 7.38. The number of hydrogen-bond donors (Lipinski definition) is 2. The second-order valence-electron chi connectivity index (χ2n) is 6.93. The van der Waals surface area contributed by atoms with E-state index in [9.17, 15) is 14.3 Å². The molecule has 2 atom stereocenters. The van der Waals surface area contributed by atoms with Gasteiger partial charge in [0.25, 0.3) is 0 Å². The minimum atomic E-state index is -0.422. The first-order valence-corrected chi connectivity index (χ1v) is 8.77. The molecule has 1 aromatic rings. The van der Waals surface area contributed by atoms with Crippen LogP contribution >= 0.6 is 0 Å². The molecule has 2 aliphatic heterocycles. The summed E-state index contributed by atoms with van der Waals surface area (Å²) in [6.45, 7) is 4.45. The fourth-order valence-electron chi connectivity index (χ4n) is 3.58. The van der Waals surface area contributed by atoms with Gasteiger partial charge in [0.15, 0.2) is 0 Å². The molecule has 2 unspecified atom stereocenters. The molecule has 132 valence electrons. The topological polar surface area (TPSA) is 55.8 Å². The molecule has 6 heteroatoms. The third kappa shape index (κ3) is 3.98. The Morgan fingerprint density at radius 3 is 2.83 bits per heavy atom. The largest absolute Gasteiger partial charge is 0.391 e. The molecular formula is C18H26FN3O2. The van der Waals surface area contributed by atoms with Gasteiger partial charge in [-0.15, -0.1) is 0 Å². The number of carbonyl (C=O) groups excluding carboxylic acids is 1. The molecule has 0 aromatic heterocycles. The number of halogens is 1. The fourth-order valence-corrected chi connectivity index (χ4v) is 3.58. The van der Waals surface area contributed by atoms with Gasteiger partial charge in [0.2, 0.25) is 0 Å². The van der Waals surface area contributed by atoms with Crippen LogP contribution in [0.4, 0.5) is 14.9 Å². The standard InChI is InChI=1S/C18H26FN3O2/c1-13-6-7-16(19)17(10-13)21-8-2-4-14(11-21)20-18(24)22-9-3-5-15(23)12-22/h6-7,10,14-15,23H,2-5,8-9,11-12H2,1H3,(H,20,24). The Morgan fingerprint density at radius 1 is 1.25 bits per heavy atom. The molecule has 3 rings (SSSR count). The Morgan fingerprint density at radius 2 is 2.04 bits per heavy atom. The summed E-state index contributed by atoms with van der Waals surface area (Å²) < 4.78 is 14.1. The van der Waals surface area contributed by atoms with Crippen molar-refractivity contribution in [3.63, 3.8) is 0 Å². The number of nitrogens with zero attached hydrogens (tertiary/aromatic N) is 2. The van der Waals surface area contributed by atoms with Crippen LogP contribution in [0.15, 0.2) is 18.2 Å². The predicted octanol–water partition coefficient (Wildman–Crippen LogP) is 2.27. The number of β-amino-alcohol motifs (C(OH)–C–C–N with tert-alkyl or cyclic N) is 1. The molecule has 2 fully saturated rings. The van der Waals surface area contributed by atoms with Gasteiger partial charge in [-0.2, -0.15) is 0 Å². The van der Waals surface area contributed by atoms with E-state index in [-0.39, 0.29) is 17.9 Å². The van der Waals surface area contributed by atoms with E-state index in [4.69, 9.17) is 0 Å². The van der Waals surface area contributed by atoms with Crippen molar-refractivity contribution in [1.29, 1.82) is 0 Å². The first-order valence-electron chi connectivity index (χ1n) is 8.77. The van der Waals surface area contributed by atoms with Crippen LogP contribution in [0.1, 0.15) is 31.2 Å². The summed E-state index contributed by atoms with van der Waals surface area (Å²) in [5, 5.41) is 12.8. The van der Waals surface area contributed by atoms with Crippen molar-refractivity contribution in [1.82, 2.24) is 10.2 Å². The van der Waals surface area contributed by atoms with Crippen molar-refractivity contribution in [3.8, 4) is 0 Å². The number of aliphatic hydroxyl groups excluding tert-OH is 1. The third-order valence-corrected chi connectivity index (χ3v) is 4.88. The Labute approximate surface area is 142 Å². The van der Waals surface area contributed by atoms with Gasteiger partial charge in [0, 0.05) is 32.2 Å². The lowest BCUT2D eigenvalue weighted by Crippen LogP contribution is -2.54. The minimum absolute atomic E-state index is 0.00484. The van der Waals surface area contributed by atoms with Gasteiger partial charge in [-0.05, 0) is 50.3 Å². The molecule has 0 bridgehead atoms. The average Bonchev–Trinajstić information content (AvgIpc) is 2.57. The monoisotopic (exact) mass is 335 g/mol. The maximum absolute atomic E-state index is 14.1. The van der Waals surface area contributed by atoms with Crippen molar-refractivity contribution in [2.24, 2.45) is 0 Å². The highest BCUT2D eigenvalue weighted by atomic mass is 19.1. The number of amides is 2. The zero-order valence-corrected chi connectivity index (χ0v) is 14.2. The molecule has 2 N–H and O–H groups in total. The number of piperidine rings is 2. The Balaban J connectivity index is 1.61. The number of nitrogens with one attached hydrogen (secondary N) is 1. The number of hydrogen-bond acceptors (Lipinski definition) is 3. The van der Waals surface area contributed by atoms with Gasteiger partial charge in [-0.25, -0.2) is 9.18 Å². The maximum Gasteiger partial charge on any atom is 0.317 e. The van der Waals surface area contributed by atoms with Crippen LogP contribution in [0.2, 0.25) is 0 Å². The van der Waals surface area contributed by atoms with Crippen molar-refractivity contribution in [3.05, 3.63) is 29.6 Å². The lowest BCUT2D eigenvalue weighted by Gasteiger charge is -2.37. The summed E-state index contributed by atoms with van der Waals surface area (Å²) in [6.07, 6.45) is 2.98. The summed E-state index contributed by atoms with van der Waals surface area (Å²) in [7, 11) is 0. The summed E-state index contributed by atoms with van der Waals surface area (Å²) in [5.74, 6) is -0.216. The smallest absolute Gasteiger partial charge is 0.317 e. The van der Waals surface area contributed by atoms with E-state index in [1.54, 1.807) is 11.0 Å². The van der Waals surface area contributed by atoms with E-state index in [1.807, 2.05) is 17.9 Å². The number of urea groups is 1. The van der Waals surface area contributed by atoms with Crippen molar-refractivity contribution in [2.75, 3.05) is 31.1 Å². The van der Waals surface area contributed by atoms with Gasteiger partial charge < -0.3 is 20.2 Å². The number of rotatable bonds is 2. The molecule has 0 spiro atoms. The number of aryl methyl sites for hydroxylation is 1. The highest BCUT2D eigenvalue weighted by molar-refractivity contribution is 5.74. The number of carbonyl (C=O) groups is 1. The van der Waals surface area contributed by atoms with Gasteiger partial charge in [-0.3, -0.25) is 0 Å². The molecule has 0 aliphatic carbocycles. The van der Waals surface area contributed by atoms with E-state index in [1.165, 1.54) is 6.07 Å². The van der Waals surface area contributed by atoms with Crippen molar-refractivity contribution >= 4 is 11.7 Å². The molecule has 1 aromatic carbocycles. The molecule has 2 amide bonds. The van der Waals surface area contributed by atoms with E-state index in [2.05, 4.69) is 5.32 Å². The zero-order chi connectivity index (χ0) is 17.1. The Bertz CT molecular complexity index is 596. The molecule has 0 radical (unpaired) electrons. The van der Waals surface area contributed by atoms with Crippen molar-refractivity contribution < 1.29 is 14.3 Å². The summed E-state index contributed by atoms with van der Waals surface area (Å²) >= 11 is 0. The van der Waals surface area contributed by atoms with E-state index in [0.29, 0.717) is 25.3 Å². The molecule has 0 saturated carbocycles. The van der Waals surface area contributed by atoms with E-state index >= 15 is 0 Å². The number of aliphatic hydroxyl groups is 1. The second-order valence-corrected chi connectivity index (χ2v) is 6.93. The van der Waals surface area contributed by atoms with Crippen LogP contribution in [-0.4, -0.2) is 54.4 Å². The van der Waals surface area contributed by atoms with Crippen LogP contribution in [0.3, 0.4) is 0 Å². The third-order valence-electron chi connectivity index (χ3n) is 4.88. The number of likely N-dealkylation sites (tertiary alicyclic amines) is 1. The lowest BCUT2D eigenvalue weighted by atomic mass is 10.0. The first-order chi connectivity index (χ1) is 11.5. The Hall–Kier alpha value is -1.82. The van der Waals surface area contributed by atoms with E-state index in [0.717, 1.165) is 37.8 Å². The Kier molecular flexibility index (Phi) is 5.23. The predicted molar refractivity (Wildman–Crippen MR) is 91.7 cm³/mol. The molecular weight excluding hydrogens is 309 g/mol. The molecule has 5 nitrogen and oxygen atoms in total. The number of benzene rings is 1. The van der Waals surface area contributed by atoms with Crippen molar-refractivity contribution in [2.45, 2.75) is 44.8 Å². The van der Waals surface area contributed by atoms with Crippen LogP contribution in [0, 0.1) is 12.7 Å². The summed E-state index contributed by atoms with van der Waals surface area (Å²) in [5.41, 5.74) is 1.64. The molecule has 2 aliphatic rings. The normalized spacial score (nSPS) is 24.8. The summed E-state index contributed by atoms with van der Waals surface area (Å²) in [4.78, 5) is 16.1. The van der Waals surface area contributed by atoms with Crippen LogP contribution in [-0.2, 0) is 0 Å². The van der Waals surface area contributed by atoms with Crippen LogP contribution in [0.25, 0.3) is 0 Å². The highest BCUT2D eigenvalue weighted by Crippen LogP contribution is 2.24. The molecule has 24 heavy (non-hydrogen) atoms. The van der Waals surface area contributed by atoms with E-state index < -0.39 is 6.10 Å². The molecule has 2 saturated heterocycles. The molecule has 2 heterocycles. The zero-order valence-electron chi connectivity index (χ0n) is 14.2. The van der Waals surface area contributed by atoms with Gasteiger partial charge >= 0.3 is 6.03 Å². The lowest BCUT2D eigenvalue weighted by molar-refractivity contribution is 0.0831.